The van der Waals surface area contributed by atoms with Crippen molar-refractivity contribution in [1.82, 2.24) is 9.55 Å². The highest BCUT2D eigenvalue weighted by Gasteiger charge is 2.23. The van der Waals surface area contributed by atoms with Gasteiger partial charge in [0.2, 0.25) is 0 Å². The Morgan fingerprint density at radius 1 is 1.38 bits per heavy atom. The zero-order valence-corrected chi connectivity index (χ0v) is 13.2. The molecule has 2 rings (SSSR count). The Hall–Kier alpha value is -1.88. The van der Waals surface area contributed by atoms with Gasteiger partial charge < -0.3 is 4.74 Å². The zero-order chi connectivity index (χ0) is 15.8. The van der Waals surface area contributed by atoms with Crippen LogP contribution in [0.3, 0.4) is 0 Å². The van der Waals surface area contributed by atoms with Crippen LogP contribution >= 0.6 is 11.6 Å². The van der Waals surface area contributed by atoms with Crippen LogP contribution in [0.15, 0.2) is 23.0 Å². The van der Waals surface area contributed by atoms with E-state index >= 15 is 0 Å². The SMILES string of the molecule is Cc1nc2cccc(Cl)c2c(=O)n1COC(=O)C(C)(C)C. The highest BCUT2D eigenvalue weighted by molar-refractivity contribution is 6.35. The van der Waals surface area contributed by atoms with Crippen molar-refractivity contribution in [3.8, 4) is 0 Å². The lowest BCUT2D eigenvalue weighted by molar-refractivity contribution is -0.157. The number of aryl methyl sites for hydroxylation is 1. The van der Waals surface area contributed by atoms with E-state index in [1.54, 1.807) is 45.9 Å². The van der Waals surface area contributed by atoms with E-state index in [0.717, 1.165) is 0 Å². The van der Waals surface area contributed by atoms with Crippen molar-refractivity contribution >= 4 is 28.5 Å². The largest absolute Gasteiger partial charge is 0.443 e. The fourth-order valence-electron chi connectivity index (χ4n) is 1.83. The number of aromatic nitrogens is 2. The van der Waals surface area contributed by atoms with Gasteiger partial charge in [-0.1, -0.05) is 17.7 Å². The monoisotopic (exact) mass is 308 g/mol. The molecule has 0 aliphatic carbocycles. The number of benzene rings is 1. The molecular formula is C15H17ClN2O3. The van der Waals surface area contributed by atoms with E-state index in [0.29, 0.717) is 21.7 Å². The van der Waals surface area contributed by atoms with Gasteiger partial charge in [-0.25, -0.2) is 4.98 Å². The summed E-state index contributed by atoms with van der Waals surface area (Å²) in [6.07, 6.45) is 0. The minimum atomic E-state index is -0.626. The summed E-state index contributed by atoms with van der Waals surface area (Å²) in [6.45, 7) is 6.77. The summed E-state index contributed by atoms with van der Waals surface area (Å²) in [4.78, 5) is 28.6. The molecule has 0 amide bonds. The predicted octanol–water partition coefficient (Wildman–Crippen LogP) is 2.91. The number of hydrogen-bond donors (Lipinski definition) is 0. The third-order valence-corrected chi connectivity index (χ3v) is 3.38. The Labute approximate surface area is 127 Å². The minimum Gasteiger partial charge on any atom is -0.443 e. The number of fused-ring (bicyclic) bond motifs is 1. The Morgan fingerprint density at radius 3 is 2.67 bits per heavy atom. The van der Waals surface area contributed by atoms with Gasteiger partial charge in [-0.3, -0.25) is 14.2 Å². The third-order valence-electron chi connectivity index (χ3n) is 3.06. The van der Waals surface area contributed by atoms with Gasteiger partial charge in [0.15, 0.2) is 6.73 Å². The maximum absolute atomic E-state index is 12.5. The van der Waals surface area contributed by atoms with E-state index in [-0.39, 0.29) is 18.3 Å². The van der Waals surface area contributed by atoms with Gasteiger partial charge in [-0.05, 0) is 39.8 Å². The molecule has 0 aliphatic rings. The van der Waals surface area contributed by atoms with Crippen LogP contribution < -0.4 is 5.56 Å². The van der Waals surface area contributed by atoms with Crippen LogP contribution in [0.2, 0.25) is 5.02 Å². The van der Waals surface area contributed by atoms with Crippen LogP contribution in [-0.4, -0.2) is 15.5 Å². The van der Waals surface area contributed by atoms with Crippen molar-refractivity contribution in [2.75, 3.05) is 0 Å². The van der Waals surface area contributed by atoms with Crippen LogP contribution in [0.25, 0.3) is 10.9 Å². The molecule has 0 radical (unpaired) electrons. The van der Waals surface area contributed by atoms with E-state index in [9.17, 15) is 9.59 Å². The summed E-state index contributed by atoms with van der Waals surface area (Å²) >= 11 is 6.06. The summed E-state index contributed by atoms with van der Waals surface area (Å²) in [6, 6.07) is 5.09. The van der Waals surface area contributed by atoms with Crippen molar-refractivity contribution in [1.29, 1.82) is 0 Å². The van der Waals surface area contributed by atoms with Gasteiger partial charge in [0.1, 0.15) is 5.82 Å². The van der Waals surface area contributed by atoms with Gasteiger partial charge in [0.25, 0.3) is 5.56 Å². The fraction of sp³-hybridized carbons (Fsp3) is 0.400. The van der Waals surface area contributed by atoms with Crippen molar-refractivity contribution in [2.45, 2.75) is 34.4 Å². The van der Waals surface area contributed by atoms with Crippen molar-refractivity contribution in [2.24, 2.45) is 5.41 Å². The second-order valence-electron chi connectivity index (χ2n) is 5.84. The van der Waals surface area contributed by atoms with E-state index in [1.165, 1.54) is 4.57 Å². The lowest BCUT2D eigenvalue weighted by Crippen LogP contribution is -2.30. The van der Waals surface area contributed by atoms with Crippen LogP contribution in [0.4, 0.5) is 0 Å². The second-order valence-corrected chi connectivity index (χ2v) is 6.24. The van der Waals surface area contributed by atoms with E-state index in [1.807, 2.05) is 0 Å². The van der Waals surface area contributed by atoms with Gasteiger partial charge in [0, 0.05) is 0 Å². The molecule has 112 valence electrons. The van der Waals surface area contributed by atoms with Crippen LogP contribution in [-0.2, 0) is 16.3 Å². The first-order valence-electron chi connectivity index (χ1n) is 6.54. The van der Waals surface area contributed by atoms with E-state index < -0.39 is 5.41 Å². The number of rotatable bonds is 2. The number of ether oxygens (including phenoxy) is 1. The molecular weight excluding hydrogens is 292 g/mol. The van der Waals surface area contributed by atoms with Gasteiger partial charge in [-0.15, -0.1) is 0 Å². The molecule has 5 nitrogen and oxygen atoms in total. The van der Waals surface area contributed by atoms with E-state index in [2.05, 4.69) is 4.98 Å². The Balaban J connectivity index is 2.44. The molecule has 1 aromatic carbocycles. The molecule has 0 saturated heterocycles. The molecule has 2 aromatic rings. The average Bonchev–Trinajstić information content (AvgIpc) is 2.36. The van der Waals surface area contributed by atoms with Crippen molar-refractivity contribution < 1.29 is 9.53 Å². The Morgan fingerprint density at radius 2 is 2.05 bits per heavy atom. The molecule has 0 unspecified atom stereocenters. The highest BCUT2D eigenvalue weighted by Crippen LogP contribution is 2.19. The number of halogens is 1. The quantitative estimate of drug-likeness (QED) is 0.800. The average molecular weight is 309 g/mol. The van der Waals surface area contributed by atoms with Crippen LogP contribution in [0.1, 0.15) is 26.6 Å². The minimum absolute atomic E-state index is 0.172. The van der Waals surface area contributed by atoms with Gasteiger partial charge in [-0.2, -0.15) is 0 Å². The molecule has 0 atom stereocenters. The summed E-state index contributed by atoms with van der Waals surface area (Å²) in [5.74, 6) is 0.0875. The first kappa shape index (κ1) is 15.5. The smallest absolute Gasteiger partial charge is 0.312 e. The molecule has 0 bridgehead atoms. The second kappa shape index (κ2) is 5.48. The Kier molecular flexibility index (Phi) is 4.05. The topological polar surface area (TPSA) is 61.2 Å². The lowest BCUT2D eigenvalue weighted by atomic mass is 9.98. The molecule has 21 heavy (non-hydrogen) atoms. The summed E-state index contributed by atoms with van der Waals surface area (Å²) in [5, 5.41) is 0.664. The van der Waals surface area contributed by atoms with Crippen LogP contribution in [0.5, 0.6) is 0 Å². The van der Waals surface area contributed by atoms with Gasteiger partial charge >= 0.3 is 5.97 Å². The molecule has 1 aromatic heterocycles. The number of carbonyl (C=O) groups excluding carboxylic acids is 1. The predicted molar refractivity (Wildman–Crippen MR) is 81.3 cm³/mol. The van der Waals surface area contributed by atoms with E-state index in [4.69, 9.17) is 16.3 Å². The number of esters is 1. The van der Waals surface area contributed by atoms with Crippen LogP contribution in [0, 0.1) is 12.3 Å². The standard InChI is InChI=1S/C15H17ClN2O3/c1-9-17-11-7-5-6-10(16)12(11)13(19)18(9)8-21-14(20)15(2,3)4/h5-7H,8H2,1-4H3. The number of hydrogen-bond acceptors (Lipinski definition) is 4. The molecule has 0 aliphatic heterocycles. The zero-order valence-electron chi connectivity index (χ0n) is 12.4. The molecule has 0 saturated carbocycles. The maximum Gasteiger partial charge on any atom is 0.312 e. The molecule has 1 heterocycles. The van der Waals surface area contributed by atoms with Crippen molar-refractivity contribution in [3.63, 3.8) is 0 Å². The molecule has 0 N–H and O–H groups in total. The first-order chi connectivity index (χ1) is 9.71. The lowest BCUT2D eigenvalue weighted by Gasteiger charge is -2.18. The summed E-state index contributed by atoms with van der Waals surface area (Å²) in [5.41, 5.74) is -0.410. The maximum atomic E-state index is 12.5. The van der Waals surface area contributed by atoms with Crippen molar-refractivity contribution in [3.05, 3.63) is 39.4 Å². The summed E-state index contributed by atoms with van der Waals surface area (Å²) < 4.78 is 6.49. The number of nitrogens with zero attached hydrogens (tertiary/aromatic N) is 2. The first-order valence-corrected chi connectivity index (χ1v) is 6.92. The molecule has 6 heteroatoms. The third kappa shape index (κ3) is 3.08. The molecule has 0 spiro atoms. The summed E-state index contributed by atoms with van der Waals surface area (Å²) in [7, 11) is 0. The molecule has 0 fully saturated rings. The fourth-order valence-corrected chi connectivity index (χ4v) is 2.08. The normalized spacial score (nSPS) is 11.7. The highest BCUT2D eigenvalue weighted by atomic mass is 35.5. The van der Waals surface area contributed by atoms with Gasteiger partial charge in [0.05, 0.1) is 21.3 Å². The Bertz CT molecular complexity index is 760. The number of carbonyl (C=O) groups is 1.